The fourth-order valence-corrected chi connectivity index (χ4v) is 2.22. The number of ether oxygens (including phenoxy) is 2. The minimum absolute atomic E-state index is 0.0583. The van der Waals surface area contributed by atoms with Gasteiger partial charge >= 0.3 is 18.1 Å². The molecular formula is C19H16F3NO5. The molecule has 0 aliphatic carbocycles. The van der Waals surface area contributed by atoms with Gasteiger partial charge in [0.05, 0.1) is 29.5 Å². The summed E-state index contributed by atoms with van der Waals surface area (Å²) in [5.74, 6) is -2.38. The second-order valence-corrected chi connectivity index (χ2v) is 5.65. The van der Waals surface area contributed by atoms with E-state index in [2.05, 4.69) is 10.1 Å². The van der Waals surface area contributed by atoms with Gasteiger partial charge < -0.3 is 14.8 Å². The Balaban J connectivity index is 2.05. The standard InChI is InChI=1S/C19H16F3NO5/c1-11(16(24)23-15-6-4-3-5-14(15)19(20,21)22)28-18(26)13-9-7-12(8-10-13)17(25)27-2/h3-11H,1-2H3,(H,23,24). The highest BCUT2D eigenvalue weighted by molar-refractivity contribution is 5.98. The van der Waals surface area contributed by atoms with Crippen LogP contribution < -0.4 is 5.32 Å². The van der Waals surface area contributed by atoms with Crippen LogP contribution in [0.25, 0.3) is 0 Å². The van der Waals surface area contributed by atoms with Gasteiger partial charge in [-0.2, -0.15) is 13.2 Å². The highest BCUT2D eigenvalue weighted by Crippen LogP contribution is 2.34. The lowest BCUT2D eigenvalue weighted by atomic mass is 10.1. The summed E-state index contributed by atoms with van der Waals surface area (Å²) >= 11 is 0. The smallest absolute Gasteiger partial charge is 0.418 e. The molecule has 1 atom stereocenters. The molecule has 1 N–H and O–H groups in total. The van der Waals surface area contributed by atoms with Gasteiger partial charge in [0.15, 0.2) is 6.10 Å². The van der Waals surface area contributed by atoms with E-state index in [4.69, 9.17) is 4.74 Å². The van der Waals surface area contributed by atoms with Gasteiger partial charge in [-0.1, -0.05) is 12.1 Å². The fourth-order valence-electron chi connectivity index (χ4n) is 2.22. The predicted octanol–water partition coefficient (Wildman–Crippen LogP) is 3.68. The molecule has 2 aromatic carbocycles. The number of carbonyl (C=O) groups is 3. The first-order valence-electron chi connectivity index (χ1n) is 8.00. The van der Waals surface area contributed by atoms with Crippen molar-refractivity contribution in [2.75, 3.05) is 12.4 Å². The minimum atomic E-state index is -4.65. The predicted molar refractivity (Wildman–Crippen MR) is 92.7 cm³/mol. The van der Waals surface area contributed by atoms with Crippen LogP contribution in [0.15, 0.2) is 48.5 Å². The summed E-state index contributed by atoms with van der Waals surface area (Å²) in [6.07, 6.45) is -6.00. The monoisotopic (exact) mass is 395 g/mol. The summed E-state index contributed by atoms with van der Waals surface area (Å²) in [5, 5.41) is 2.11. The van der Waals surface area contributed by atoms with E-state index in [1.807, 2.05) is 0 Å². The fraction of sp³-hybridized carbons (Fsp3) is 0.211. The highest BCUT2D eigenvalue weighted by atomic mass is 19.4. The van der Waals surface area contributed by atoms with Crippen LogP contribution in [0.3, 0.4) is 0 Å². The molecule has 1 unspecified atom stereocenters. The Bertz CT molecular complexity index is 878. The molecule has 28 heavy (non-hydrogen) atoms. The van der Waals surface area contributed by atoms with E-state index >= 15 is 0 Å². The molecule has 6 nitrogen and oxygen atoms in total. The van der Waals surface area contributed by atoms with Gasteiger partial charge in [0.25, 0.3) is 5.91 Å². The van der Waals surface area contributed by atoms with Crippen molar-refractivity contribution in [3.63, 3.8) is 0 Å². The Hall–Kier alpha value is -3.36. The van der Waals surface area contributed by atoms with E-state index in [1.165, 1.54) is 50.4 Å². The number of amides is 1. The molecule has 0 fully saturated rings. The van der Waals surface area contributed by atoms with Crippen LogP contribution in [0.1, 0.15) is 33.2 Å². The molecule has 0 saturated heterocycles. The third kappa shape index (κ3) is 5.09. The molecule has 2 aromatic rings. The summed E-state index contributed by atoms with van der Waals surface area (Å²) in [6, 6.07) is 9.75. The molecule has 0 aliphatic rings. The maximum Gasteiger partial charge on any atom is 0.418 e. The van der Waals surface area contributed by atoms with Crippen LogP contribution >= 0.6 is 0 Å². The summed E-state index contributed by atoms with van der Waals surface area (Å²) in [7, 11) is 1.21. The summed E-state index contributed by atoms with van der Waals surface area (Å²) in [4.78, 5) is 35.6. The molecule has 1 amide bonds. The Morgan fingerprint density at radius 3 is 2.00 bits per heavy atom. The second kappa shape index (κ2) is 8.55. The van der Waals surface area contributed by atoms with Crippen molar-refractivity contribution in [1.29, 1.82) is 0 Å². The largest absolute Gasteiger partial charge is 0.465 e. The summed E-state index contributed by atoms with van der Waals surface area (Å²) in [6.45, 7) is 1.23. The first-order chi connectivity index (χ1) is 13.1. The van der Waals surface area contributed by atoms with E-state index in [1.54, 1.807) is 0 Å². The first kappa shape index (κ1) is 20.9. The molecule has 0 aromatic heterocycles. The van der Waals surface area contributed by atoms with Crippen LogP contribution in [0.2, 0.25) is 0 Å². The molecule has 148 valence electrons. The van der Waals surface area contributed by atoms with Gasteiger partial charge in [-0.05, 0) is 43.3 Å². The molecule has 9 heteroatoms. The number of anilines is 1. The van der Waals surface area contributed by atoms with Crippen LogP contribution in [-0.4, -0.2) is 31.1 Å². The van der Waals surface area contributed by atoms with E-state index in [0.29, 0.717) is 0 Å². The Morgan fingerprint density at radius 1 is 0.929 bits per heavy atom. The maximum atomic E-state index is 13.0. The normalized spacial score (nSPS) is 12.0. The van der Waals surface area contributed by atoms with Crippen molar-refractivity contribution in [1.82, 2.24) is 0 Å². The van der Waals surface area contributed by atoms with Crippen LogP contribution in [-0.2, 0) is 20.4 Å². The minimum Gasteiger partial charge on any atom is -0.465 e. The zero-order valence-electron chi connectivity index (χ0n) is 14.9. The molecule has 0 heterocycles. The number of methoxy groups -OCH3 is 1. The molecule has 0 saturated carbocycles. The molecule has 0 bridgehead atoms. The number of hydrogen-bond donors (Lipinski definition) is 1. The van der Waals surface area contributed by atoms with Gasteiger partial charge in [-0.3, -0.25) is 4.79 Å². The zero-order chi connectivity index (χ0) is 20.9. The van der Waals surface area contributed by atoms with Crippen LogP contribution in [0.4, 0.5) is 18.9 Å². The molecule has 0 aliphatic heterocycles. The van der Waals surface area contributed by atoms with Gasteiger partial charge in [-0.15, -0.1) is 0 Å². The average molecular weight is 395 g/mol. The Labute approximate surface area is 158 Å². The number of nitrogens with one attached hydrogen (secondary N) is 1. The number of benzene rings is 2. The van der Waals surface area contributed by atoms with Crippen molar-refractivity contribution in [3.05, 3.63) is 65.2 Å². The van der Waals surface area contributed by atoms with E-state index < -0.39 is 41.4 Å². The SMILES string of the molecule is COC(=O)c1ccc(C(=O)OC(C)C(=O)Nc2ccccc2C(F)(F)F)cc1. The zero-order valence-corrected chi connectivity index (χ0v) is 14.9. The average Bonchev–Trinajstić information content (AvgIpc) is 2.66. The third-order valence-corrected chi connectivity index (χ3v) is 3.69. The number of esters is 2. The van der Waals surface area contributed by atoms with Crippen molar-refractivity contribution in [3.8, 4) is 0 Å². The van der Waals surface area contributed by atoms with Crippen molar-refractivity contribution < 1.29 is 37.0 Å². The van der Waals surface area contributed by atoms with Gasteiger partial charge in [0.1, 0.15) is 0 Å². The third-order valence-electron chi connectivity index (χ3n) is 3.69. The highest BCUT2D eigenvalue weighted by Gasteiger charge is 2.34. The Morgan fingerprint density at radius 2 is 1.46 bits per heavy atom. The lowest BCUT2D eigenvalue weighted by molar-refractivity contribution is -0.137. The number of halogens is 3. The van der Waals surface area contributed by atoms with Gasteiger partial charge in [0.2, 0.25) is 0 Å². The number of para-hydroxylation sites is 1. The quantitative estimate of drug-likeness (QED) is 0.782. The number of hydrogen-bond acceptors (Lipinski definition) is 5. The summed E-state index contributed by atoms with van der Waals surface area (Å²) in [5.41, 5.74) is -1.18. The Kier molecular flexibility index (Phi) is 6.40. The maximum absolute atomic E-state index is 13.0. The first-order valence-corrected chi connectivity index (χ1v) is 8.00. The number of carbonyl (C=O) groups excluding carboxylic acids is 3. The van der Waals surface area contributed by atoms with E-state index in [9.17, 15) is 27.6 Å². The molecule has 0 spiro atoms. The lowest BCUT2D eigenvalue weighted by Crippen LogP contribution is -2.30. The topological polar surface area (TPSA) is 81.7 Å². The lowest BCUT2D eigenvalue weighted by Gasteiger charge is -2.16. The molecule has 0 radical (unpaired) electrons. The van der Waals surface area contributed by atoms with Crippen molar-refractivity contribution >= 4 is 23.5 Å². The van der Waals surface area contributed by atoms with Crippen LogP contribution in [0.5, 0.6) is 0 Å². The van der Waals surface area contributed by atoms with Gasteiger partial charge in [-0.25, -0.2) is 9.59 Å². The number of rotatable bonds is 5. The molecular weight excluding hydrogens is 379 g/mol. The van der Waals surface area contributed by atoms with Crippen LogP contribution in [0, 0.1) is 0 Å². The second-order valence-electron chi connectivity index (χ2n) is 5.65. The number of alkyl halides is 3. The van der Waals surface area contributed by atoms with Crippen molar-refractivity contribution in [2.45, 2.75) is 19.2 Å². The van der Waals surface area contributed by atoms with Gasteiger partial charge in [0, 0.05) is 0 Å². The molecule has 2 rings (SSSR count). The van der Waals surface area contributed by atoms with E-state index in [0.717, 1.165) is 12.1 Å². The van der Waals surface area contributed by atoms with E-state index in [-0.39, 0.29) is 11.1 Å². The van der Waals surface area contributed by atoms with Crippen molar-refractivity contribution in [2.24, 2.45) is 0 Å². The summed E-state index contributed by atoms with van der Waals surface area (Å²) < 4.78 is 48.4.